The first-order chi connectivity index (χ1) is 6.73. The third-order valence-corrected chi connectivity index (χ3v) is 2.09. The molecule has 0 aliphatic rings. The molecule has 1 heterocycles. The van der Waals surface area contributed by atoms with Crippen LogP contribution in [0.5, 0.6) is 0 Å². The number of hydrogen-bond acceptors (Lipinski definition) is 1. The van der Waals surface area contributed by atoms with Crippen LogP contribution in [0.3, 0.4) is 0 Å². The van der Waals surface area contributed by atoms with Gasteiger partial charge in [-0.25, -0.2) is 13.8 Å². The second kappa shape index (κ2) is 4.09. The van der Waals surface area contributed by atoms with E-state index in [4.69, 9.17) is 23.2 Å². The molecule has 0 radical (unpaired) electrons. The van der Waals surface area contributed by atoms with Gasteiger partial charge in [-0.2, -0.15) is 13.2 Å². The molecule has 0 spiro atoms. The Morgan fingerprint density at radius 3 is 2.07 bits per heavy atom. The average molecular weight is 266 g/mol. The van der Waals surface area contributed by atoms with Gasteiger partial charge in [-0.15, -0.1) is 0 Å². The molecule has 1 aromatic heterocycles. The normalized spacial score (nSPS) is 12.3. The first-order valence-electron chi connectivity index (χ1n) is 3.44. The molecule has 0 amide bonds. The van der Waals surface area contributed by atoms with E-state index in [-0.39, 0.29) is 6.07 Å². The molecule has 0 N–H and O–H groups in total. The molecule has 1 rings (SSSR count). The Morgan fingerprint density at radius 2 is 1.67 bits per heavy atom. The van der Waals surface area contributed by atoms with E-state index >= 15 is 0 Å². The highest BCUT2D eigenvalue weighted by Gasteiger charge is 2.35. The minimum Gasteiger partial charge on any atom is -0.223 e. The molecule has 0 fully saturated rings. The van der Waals surface area contributed by atoms with Crippen molar-refractivity contribution in [2.24, 2.45) is 0 Å². The standard InChI is InChI=1S/C7H2Cl2F5N/c8-4-2(6(10)11)1-3(5(9)15-4)7(12,13)14/h1,6H. The van der Waals surface area contributed by atoms with Crippen LogP contribution >= 0.6 is 23.2 Å². The third-order valence-electron chi connectivity index (χ3n) is 1.50. The van der Waals surface area contributed by atoms with Crippen molar-refractivity contribution >= 4 is 23.2 Å². The number of halogens is 7. The molecule has 0 saturated heterocycles. The summed E-state index contributed by atoms with van der Waals surface area (Å²) in [4.78, 5) is 2.99. The van der Waals surface area contributed by atoms with Crippen LogP contribution in [0, 0.1) is 0 Å². The van der Waals surface area contributed by atoms with Crippen LogP contribution in [-0.4, -0.2) is 4.98 Å². The van der Waals surface area contributed by atoms with E-state index in [0.29, 0.717) is 0 Å². The lowest BCUT2D eigenvalue weighted by Crippen LogP contribution is -2.08. The maximum atomic E-state index is 12.2. The Hall–Kier alpha value is -0.620. The van der Waals surface area contributed by atoms with Gasteiger partial charge in [0.2, 0.25) is 0 Å². The maximum Gasteiger partial charge on any atom is 0.419 e. The summed E-state index contributed by atoms with van der Waals surface area (Å²) in [5, 5.41) is -1.68. The molecule has 0 unspecified atom stereocenters. The molecule has 0 aliphatic heterocycles. The molecular formula is C7H2Cl2F5N. The smallest absolute Gasteiger partial charge is 0.223 e. The van der Waals surface area contributed by atoms with Gasteiger partial charge in [-0.1, -0.05) is 23.2 Å². The van der Waals surface area contributed by atoms with E-state index < -0.39 is 34.0 Å². The third kappa shape index (κ3) is 2.69. The van der Waals surface area contributed by atoms with E-state index in [1.165, 1.54) is 0 Å². The lowest BCUT2D eigenvalue weighted by Gasteiger charge is -2.10. The summed E-state index contributed by atoms with van der Waals surface area (Å²) in [7, 11) is 0. The Balaban J connectivity index is 3.37. The number of aromatic nitrogens is 1. The second-order valence-electron chi connectivity index (χ2n) is 2.51. The summed E-state index contributed by atoms with van der Waals surface area (Å²) in [6, 6.07) is 0.197. The molecule has 0 bridgehead atoms. The lowest BCUT2D eigenvalue weighted by atomic mass is 10.2. The van der Waals surface area contributed by atoms with Crippen molar-refractivity contribution in [2.45, 2.75) is 12.6 Å². The van der Waals surface area contributed by atoms with Crippen LogP contribution < -0.4 is 0 Å². The average Bonchev–Trinajstić information content (AvgIpc) is 2.00. The first-order valence-corrected chi connectivity index (χ1v) is 4.20. The fourth-order valence-electron chi connectivity index (χ4n) is 0.837. The fourth-order valence-corrected chi connectivity index (χ4v) is 1.35. The van der Waals surface area contributed by atoms with Crippen molar-refractivity contribution in [1.29, 1.82) is 0 Å². The monoisotopic (exact) mass is 265 g/mol. The maximum absolute atomic E-state index is 12.2. The number of rotatable bonds is 1. The van der Waals surface area contributed by atoms with Gasteiger partial charge in [0, 0.05) is 0 Å². The fraction of sp³-hybridized carbons (Fsp3) is 0.286. The minimum absolute atomic E-state index is 0.197. The SMILES string of the molecule is FC(F)c1cc(C(F)(F)F)c(Cl)nc1Cl. The van der Waals surface area contributed by atoms with E-state index in [1.807, 2.05) is 0 Å². The molecule has 0 aliphatic carbocycles. The van der Waals surface area contributed by atoms with Gasteiger partial charge in [-0.3, -0.25) is 0 Å². The van der Waals surface area contributed by atoms with Crippen LogP contribution in [0.15, 0.2) is 6.07 Å². The van der Waals surface area contributed by atoms with Gasteiger partial charge in [-0.05, 0) is 6.07 Å². The predicted molar refractivity (Wildman–Crippen MR) is 44.2 cm³/mol. The van der Waals surface area contributed by atoms with Gasteiger partial charge in [0.15, 0.2) is 0 Å². The molecule has 0 saturated carbocycles. The van der Waals surface area contributed by atoms with Gasteiger partial charge in [0.25, 0.3) is 6.43 Å². The number of nitrogens with zero attached hydrogens (tertiary/aromatic N) is 1. The summed E-state index contributed by atoms with van der Waals surface area (Å²) in [5.74, 6) is 0. The Morgan fingerprint density at radius 1 is 1.13 bits per heavy atom. The van der Waals surface area contributed by atoms with E-state index in [1.54, 1.807) is 0 Å². The van der Waals surface area contributed by atoms with Crippen molar-refractivity contribution in [3.63, 3.8) is 0 Å². The van der Waals surface area contributed by atoms with Crippen LogP contribution in [0.4, 0.5) is 22.0 Å². The van der Waals surface area contributed by atoms with Crippen molar-refractivity contribution in [3.8, 4) is 0 Å². The predicted octanol–water partition coefficient (Wildman–Crippen LogP) is 4.34. The Bertz CT molecular complexity index is 376. The zero-order valence-electron chi connectivity index (χ0n) is 6.75. The van der Waals surface area contributed by atoms with E-state index in [2.05, 4.69) is 4.98 Å². The quantitative estimate of drug-likeness (QED) is 0.544. The summed E-state index contributed by atoms with van der Waals surface area (Å²) in [5.41, 5.74) is -2.42. The highest BCUT2D eigenvalue weighted by Crippen LogP contribution is 2.37. The van der Waals surface area contributed by atoms with Crippen LogP contribution in [0.2, 0.25) is 10.3 Å². The van der Waals surface area contributed by atoms with Crippen molar-refractivity contribution in [3.05, 3.63) is 27.5 Å². The van der Waals surface area contributed by atoms with Crippen molar-refractivity contribution < 1.29 is 22.0 Å². The minimum atomic E-state index is -4.84. The van der Waals surface area contributed by atoms with E-state index in [9.17, 15) is 22.0 Å². The van der Waals surface area contributed by atoms with Crippen molar-refractivity contribution in [1.82, 2.24) is 4.98 Å². The molecule has 0 aromatic carbocycles. The summed E-state index contributed by atoms with van der Waals surface area (Å²) in [6.07, 6.45) is -7.97. The number of alkyl halides is 5. The summed E-state index contributed by atoms with van der Waals surface area (Å²) < 4.78 is 61.0. The van der Waals surface area contributed by atoms with E-state index in [0.717, 1.165) is 0 Å². The molecule has 1 aromatic rings. The molecule has 84 valence electrons. The molecule has 0 atom stereocenters. The van der Waals surface area contributed by atoms with Gasteiger partial charge < -0.3 is 0 Å². The van der Waals surface area contributed by atoms with Crippen LogP contribution in [-0.2, 0) is 6.18 Å². The van der Waals surface area contributed by atoms with Gasteiger partial charge in [0.1, 0.15) is 10.3 Å². The van der Waals surface area contributed by atoms with Gasteiger partial charge >= 0.3 is 6.18 Å². The highest BCUT2D eigenvalue weighted by molar-refractivity contribution is 6.33. The second-order valence-corrected chi connectivity index (χ2v) is 3.22. The zero-order valence-corrected chi connectivity index (χ0v) is 8.26. The molecule has 1 nitrogen and oxygen atoms in total. The number of hydrogen-bond donors (Lipinski definition) is 0. The highest BCUT2D eigenvalue weighted by atomic mass is 35.5. The number of pyridine rings is 1. The van der Waals surface area contributed by atoms with Crippen LogP contribution in [0.1, 0.15) is 17.6 Å². The van der Waals surface area contributed by atoms with Crippen LogP contribution in [0.25, 0.3) is 0 Å². The first kappa shape index (κ1) is 12.4. The molecule has 15 heavy (non-hydrogen) atoms. The summed E-state index contributed by atoms with van der Waals surface area (Å²) >= 11 is 10.3. The molecule has 8 heteroatoms. The molecular weight excluding hydrogens is 264 g/mol. The van der Waals surface area contributed by atoms with Crippen molar-refractivity contribution in [2.75, 3.05) is 0 Å². The Kier molecular flexibility index (Phi) is 3.40. The zero-order chi connectivity index (χ0) is 11.8. The van der Waals surface area contributed by atoms with Gasteiger partial charge in [0.05, 0.1) is 11.1 Å². The summed E-state index contributed by atoms with van der Waals surface area (Å²) in [6.45, 7) is 0. The Labute approximate surface area is 90.8 Å². The topological polar surface area (TPSA) is 12.9 Å². The largest absolute Gasteiger partial charge is 0.419 e. The lowest BCUT2D eigenvalue weighted by molar-refractivity contribution is -0.137.